The first kappa shape index (κ1) is 24.9. The van der Waals surface area contributed by atoms with Gasteiger partial charge in [-0.25, -0.2) is 4.98 Å². The van der Waals surface area contributed by atoms with E-state index >= 15 is 0 Å². The molecule has 0 atom stereocenters. The lowest BCUT2D eigenvalue weighted by Gasteiger charge is -2.13. The summed E-state index contributed by atoms with van der Waals surface area (Å²) in [5.41, 5.74) is 4.76. The highest BCUT2D eigenvalue weighted by atomic mass is 35.5. The minimum Gasteiger partial charge on any atom is -0.324 e. The molecule has 9 heteroatoms. The first-order valence-electron chi connectivity index (χ1n) is 10.8. The van der Waals surface area contributed by atoms with Gasteiger partial charge < -0.3 is 5.32 Å². The third kappa shape index (κ3) is 5.71. The number of aromatic nitrogens is 1. The van der Waals surface area contributed by atoms with Gasteiger partial charge in [0.15, 0.2) is 0 Å². The molecule has 36 heavy (non-hydrogen) atoms. The second-order valence-corrected chi connectivity index (χ2v) is 9.21. The van der Waals surface area contributed by atoms with Crippen LogP contribution in [-0.2, 0) is 4.79 Å². The van der Waals surface area contributed by atoms with Gasteiger partial charge in [0, 0.05) is 23.3 Å². The number of aryl methyl sites for hydroxylation is 1. The summed E-state index contributed by atoms with van der Waals surface area (Å²) in [5, 5.41) is 24.1. The highest BCUT2D eigenvalue weighted by Crippen LogP contribution is 2.34. The molecule has 0 aliphatic heterocycles. The van der Waals surface area contributed by atoms with Crippen molar-refractivity contribution in [3.63, 3.8) is 0 Å². The Morgan fingerprint density at radius 3 is 2.44 bits per heavy atom. The van der Waals surface area contributed by atoms with E-state index in [9.17, 15) is 20.2 Å². The molecule has 1 heterocycles. The summed E-state index contributed by atoms with van der Waals surface area (Å²) < 4.78 is 0. The van der Waals surface area contributed by atoms with E-state index in [4.69, 9.17) is 16.6 Å². The highest BCUT2D eigenvalue weighted by Gasteiger charge is 2.18. The van der Waals surface area contributed by atoms with Crippen molar-refractivity contribution in [2.24, 2.45) is 0 Å². The number of halogens is 1. The number of non-ortho nitro benzene ring substituents is 1. The van der Waals surface area contributed by atoms with E-state index in [-0.39, 0.29) is 28.1 Å². The Balaban J connectivity index is 1.64. The average molecular weight is 515 g/mol. The molecular weight excluding hydrogens is 496 g/mol. The summed E-state index contributed by atoms with van der Waals surface area (Å²) in [6.45, 7) is 1.99. The number of pyridine rings is 1. The molecule has 0 unspecified atom stereocenters. The zero-order valence-corrected chi connectivity index (χ0v) is 20.6. The number of nitrogens with one attached hydrogen (secondary N) is 1. The second kappa shape index (κ2) is 11.0. The van der Waals surface area contributed by atoms with E-state index in [1.807, 2.05) is 67.6 Å². The normalized spacial score (nSPS) is 10.5. The van der Waals surface area contributed by atoms with Gasteiger partial charge in [0.1, 0.15) is 11.1 Å². The molecule has 1 N–H and O–H groups in total. The summed E-state index contributed by atoms with van der Waals surface area (Å²) in [5.74, 6) is -0.427. The van der Waals surface area contributed by atoms with Gasteiger partial charge in [0.05, 0.1) is 32.6 Å². The molecule has 4 aromatic rings. The SMILES string of the molecule is Cc1ccc(-c2cc(-c3ccccc3)nc(SCC(=O)Nc3ccc([N+](=O)[O-])cc3Cl)c2C#N)cc1. The summed E-state index contributed by atoms with van der Waals surface area (Å²) in [7, 11) is 0. The Morgan fingerprint density at radius 2 is 1.81 bits per heavy atom. The number of nitro groups is 1. The molecule has 0 fully saturated rings. The van der Waals surface area contributed by atoms with Crippen LogP contribution in [0.5, 0.6) is 0 Å². The number of thioether (sulfide) groups is 1. The van der Waals surface area contributed by atoms with Crippen molar-refractivity contribution >= 4 is 40.6 Å². The number of nitrogens with zero attached hydrogens (tertiary/aromatic N) is 3. The van der Waals surface area contributed by atoms with Gasteiger partial charge in [-0.1, -0.05) is 83.5 Å². The maximum Gasteiger partial charge on any atom is 0.271 e. The number of amides is 1. The van der Waals surface area contributed by atoms with Crippen LogP contribution in [0, 0.1) is 28.4 Å². The van der Waals surface area contributed by atoms with Gasteiger partial charge >= 0.3 is 0 Å². The van der Waals surface area contributed by atoms with Crippen molar-refractivity contribution in [1.29, 1.82) is 5.26 Å². The standard InChI is InChI=1S/C27H19ClN4O3S/c1-17-7-9-18(10-8-17)21-14-25(19-5-3-2-4-6-19)31-27(22(21)15-29)36-16-26(33)30-24-12-11-20(32(34)35)13-23(24)28/h2-14H,16H2,1H3,(H,30,33). The largest absolute Gasteiger partial charge is 0.324 e. The highest BCUT2D eigenvalue weighted by molar-refractivity contribution is 8.00. The topological polar surface area (TPSA) is 109 Å². The van der Waals surface area contributed by atoms with Gasteiger partial charge in [-0.3, -0.25) is 14.9 Å². The fourth-order valence-corrected chi connectivity index (χ4v) is 4.52. The lowest BCUT2D eigenvalue weighted by Crippen LogP contribution is -2.14. The maximum absolute atomic E-state index is 12.7. The molecule has 0 spiro atoms. The van der Waals surface area contributed by atoms with E-state index in [2.05, 4.69) is 11.4 Å². The molecule has 0 aliphatic rings. The Labute approximate surface area is 216 Å². The predicted molar refractivity (Wildman–Crippen MR) is 142 cm³/mol. The number of hydrogen-bond donors (Lipinski definition) is 1. The fourth-order valence-electron chi connectivity index (χ4n) is 3.49. The first-order chi connectivity index (χ1) is 17.4. The van der Waals surface area contributed by atoms with Crippen LogP contribution >= 0.6 is 23.4 Å². The van der Waals surface area contributed by atoms with Crippen LogP contribution in [0.3, 0.4) is 0 Å². The molecule has 3 aromatic carbocycles. The first-order valence-corrected chi connectivity index (χ1v) is 12.2. The number of rotatable bonds is 7. The molecule has 0 saturated heterocycles. The molecule has 4 rings (SSSR count). The molecule has 1 aromatic heterocycles. The third-order valence-corrected chi connectivity index (χ3v) is 6.60. The number of carbonyl (C=O) groups is 1. The van der Waals surface area contributed by atoms with Gasteiger partial charge in [0.25, 0.3) is 5.69 Å². The van der Waals surface area contributed by atoms with Crippen LogP contribution in [0.1, 0.15) is 11.1 Å². The van der Waals surface area contributed by atoms with Crippen molar-refractivity contribution in [3.05, 3.63) is 105 Å². The Kier molecular flexibility index (Phi) is 7.64. The Morgan fingerprint density at radius 1 is 1.08 bits per heavy atom. The van der Waals surface area contributed by atoms with Crippen molar-refractivity contribution < 1.29 is 9.72 Å². The summed E-state index contributed by atoms with van der Waals surface area (Å²) in [6, 6.07) is 25.4. The van der Waals surface area contributed by atoms with Crippen molar-refractivity contribution in [2.45, 2.75) is 11.9 Å². The van der Waals surface area contributed by atoms with E-state index in [1.165, 1.54) is 18.2 Å². The smallest absolute Gasteiger partial charge is 0.271 e. The van der Waals surface area contributed by atoms with E-state index in [0.29, 0.717) is 16.3 Å². The molecule has 178 valence electrons. The number of carbonyl (C=O) groups excluding carboxylic acids is 1. The van der Waals surface area contributed by atoms with Gasteiger partial charge in [-0.15, -0.1) is 0 Å². The number of nitriles is 1. The van der Waals surface area contributed by atoms with Crippen LogP contribution in [0.25, 0.3) is 22.4 Å². The lowest BCUT2D eigenvalue weighted by atomic mass is 9.98. The molecule has 0 radical (unpaired) electrons. The molecule has 0 saturated carbocycles. The molecule has 1 amide bonds. The predicted octanol–water partition coefficient (Wildman–Crippen LogP) is 6.89. The minimum absolute atomic E-state index is 0.0411. The minimum atomic E-state index is -0.562. The summed E-state index contributed by atoms with van der Waals surface area (Å²) in [6.07, 6.45) is 0. The lowest BCUT2D eigenvalue weighted by molar-refractivity contribution is -0.384. The molecular formula is C27H19ClN4O3S. The van der Waals surface area contributed by atoms with Crippen LogP contribution < -0.4 is 5.32 Å². The number of anilines is 1. The second-order valence-electron chi connectivity index (χ2n) is 7.84. The van der Waals surface area contributed by atoms with Gasteiger partial charge in [0.2, 0.25) is 5.91 Å². The zero-order valence-electron chi connectivity index (χ0n) is 19.1. The van der Waals surface area contributed by atoms with Gasteiger partial charge in [-0.05, 0) is 24.6 Å². The van der Waals surface area contributed by atoms with Gasteiger partial charge in [-0.2, -0.15) is 5.26 Å². The summed E-state index contributed by atoms with van der Waals surface area (Å²) in [4.78, 5) is 27.7. The van der Waals surface area contributed by atoms with E-state index in [1.54, 1.807) is 0 Å². The van der Waals surface area contributed by atoms with Crippen molar-refractivity contribution in [2.75, 3.05) is 11.1 Å². The molecule has 7 nitrogen and oxygen atoms in total. The van der Waals surface area contributed by atoms with Crippen LogP contribution in [-0.4, -0.2) is 21.6 Å². The van der Waals surface area contributed by atoms with E-state index < -0.39 is 4.92 Å². The monoisotopic (exact) mass is 514 g/mol. The molecule has 0 aliphatic carbocycles. The third-order valence-electron chi connectivity index (χ3n) is 5.31. The van der Waals surface area contributed by atoms with Crippen molar-refractivity contribution in [3.8, 4) is 28.5 Å². The number of nitro benzene ring substituents is 1. The number of hydrogen-bond acceptors (Lipinski definition) is 6. The Bertz CT molecular complexity index is 1490. The average Bonchev–Trinajstić information content (AvgIpc) is 2.89. The fraction of sp³-hybridized carbons (Fsp3) is 0.0741. The van der Waals surface area contributed by atoms with Crippen LogP contribution in [0.15, 0.2) is 83.9 Å². The van der Waals surface area contributed by atoms with Crippen molar-refractivity contribution in [1.82, 2.24) is 4.98 Å². The van der Waals surface area contributed by atoms with E-state index in [0.717, 1.165) is 34.0 Å². The Hall–Kier alpha value is -4.19. The van der Waals surface area contributed by atoms with Crippen LogP contribution in [0.4, 0.5) is 11.4 Å². The maximum atomic E-state index is 12.7. The van der Waals surface area contributed by atoms with Crippen LogP contribution in [0.2, 0.25) is 5.02 Å². The quantitative estimate of drug-likeness (QED) is 0.163. The molecule has 0 bridgehead atoms. The zero-order chi connectivity index (χ0) is 25.7. The summed E-state index contributed by atoms with van der Waals surface area (Å²) >= 11 is 7.23. The number of benzene rings is 3.